The van der Waals surface area contributed by atoms with Gasteiger partial charge in [0.15, 0.2) is 0 Å². The van der Waals surface area contributed by atoms with E-state index < -0.39 is 21.8 Å². The summed E-state index contributed by atoms with van der Waals surface area (Å²) in [6.45, 7) is 1.70. The summed E-state index contributed by atoms with van der Waals surface area (Å²) in [6.07, 6.45) is -2.82. The van der Waals surface area contributed by atoms with Gasteiger partial charge in [-0.25, -0.2) is 18.1 Å². The Morgan fingerprint density at radius 3 is 2.68 bits per heavy atom. The molecule has 1 aliphatic heterocycles. The van der Waals surface area contributed by atoms with Gasteiger partial charge in [-0.1, -0.05) is 0 Å². The Kier molecular flexibility index (Phi) is 6.36. The number of benzene rings is 1. The summed E-state index contributed by atoms with van der Waals surface area (Å²) in [6, 6.07) is 5.03. The highest BCUT2D eigenvalue weighted by Gasteiger charge is 2.36. The minimum absolute atomic E-state index is 0.0181. The number of aromatic nitrogens is 2. The Labute approximate surface area is 177 Å². The lowest BCUT2D eigenvalue weighted by atomic mass is 10.1. The van der Waals surface area contributed by atoms with E-state index in [2.05, 4.69) is 25.3 Å². The van der Waals surface area contributed by atoms with E-state index in [9.17, 15) is 26.4 Å². The quantitative estimate of drug-likeness (QED) is 0.555. The first-order chi connectivity index (χ1) is 14.5. The second kappa shape index (κ2) is 8.67. The molecule has 0 spiro atoms. The topological polar surface area (TPSA) is 116 Å². The highest BCUT2D eigenvalue weighted by molar-refractivity contribution is 7.88. The van der Waals surface area contributed by atoms with E-state index in [1.807, 2.05) is 0 Å². The zero-order valence-electron chi connectivity index (χ0n) is 16.7. The van der Waals surface area contributed by atoms with Crippen molar-refractivity contribution in [1.82, 2.24) is 14.7 Å². The molecule has 1 aromatic heterocycles. The van der Waals surface area contributed by atoms with Crippen LogP contribution in [0.1, 0.15) is 18.1 Å². The van der Waals surface area contributed by atoms with Gasteiger partial charge in [-0.2, -0.15) is 18.2 Å². The predicted molar refractivity (Wildman–Crippen MR) is 110 cm³/mol. The zero-order valence-corrected chi connectivity index (χ0v) is 17.6. The minimum Gasteiger partial charge on any atom is -0.355 e. The van der Waals surface area contributed by atoms with Crippen molar-refractivity contribution in [2.75, 3.05) is 41.4 Å². The van der Waals surface area contributed by atoms with Crippen LogP contribution in [0.15, 0.2) is 24.4 Å². The summed E-state index contributed by atoms with van der Waals surface area (Å²) in [5.74, 6) is -0.558. The second-order valence-electron chi connectivity index (χ2n) is 6.90. The van der Waals surface area contributed by atoms with Crippen molar-refractivity contribution in [2.24, 2.45) is 0 Å². The van der Waals surface area contributed by atoms with E-state index in [0.717, 1.165) is 11.8 Å². The van der Waals surface area contributed by atoms with E-state index in [0.29, 0.717) is 17.6 Å². The lowest BCUT2D eigenvalue weighted by molar-refractivity contribution is -0.137. The first kappa shape index (κ1) is 22.7. The van der Waals surface area contributed by atoms with Gasteiger partial charge in [0.25, 0.3) is 0 Å². The molecule has 0 unspecified atom stereocenters. The number of nitrogens with zero attached hydrogens (tertiary/aromatic N) is 3. The third-order valence-corrected chi connectivity index (χ3v) is 5.22. The Hall–Kier alpha value is -2.93. The Bertz CT molecular complexity index is 1090. The predicted octanol–water partition coefficient (Wildman–Crippen LogP) is 2.11. The number of hydrogen-bond acceptors (Lipinski definition) is 7. The molecule has 0 saturated carbocycles. The molecule has 2 aromatic rings. The maximum absolute atomic E-state index is 13.5. The fourth-order valence-electron chi connectivity index (χ4n) is 3.09. The van der Waals surface area contributed by atoms with E-state index >= 15 is 0 Å². The largest absolute Gasteiger partial charge is 0.421 e. The number of nitrogens with one attached hydrogen (secondary N) is 3. The van der Waals surface area contributed by atoms with Crippen molar-refractivity contribution in [3.63, 3.8) is 0 Å². The number of amides is 1. The van der Waals surface area contributed by atoms with Crippen LogP contribution in [0.25, 0.3) is 0 Å². The van der Waals surface area contributed by atoms with Crippen LogP contribution in [0.3, 0.4) is 0 Å². The van der Waals surface area contributed by atoms with Gasteiger partial charge in [0, 0.05) is 37.2 Å². The van der Waals surface area contributed by atoms with E-state index in [1.54, 1.807) is 25.1 Å². The van der Waals surface area contributed by atoms with Crippen LogP contribution in [0.2, 0.25) is 0 Å². The molecule has 3 N–H and O–H groups in total. The fraction of sp³-hybridized carbons (Fsp3) is 0.389. The molecule has 13 heteroatoms. The summed E-state index contributed by atoms with van der Waals surface area (Å²) in [5.41, 5.74) is 0.926. The molecule has 0 radical (unpaired) electrons. The molecule has 9 nitrogen and oxygen atoms in total. The molecule has 2 heterocycles. The van der Waals surface area contributed by atoms with Gasteiger partial charge in [0.2, 0.25) is 21.9 Å². The van der Waals surface area contributed by atoms with Crippen LogP contribution in [-0.4, -0.2) is 50.2 Å². The molecule has 1 aliphatic rings. The summed E-state index contributed by atoms with van der Waals surface area (Å²) in [4.78, 5) is 20.6. The SMILES string of the molecule is CCN(CCNS(C)(=O)=O)c1nc(Nc2ccc3c(c2)CC(=O)N3)ncc1C(F)(F)F. The average Bonchev–Trinajstić information content (AvgIpc) is 3.03. The summed E-state index contributed by atoms with van der Waals surface area (Å²) >= 11 is 0. The maximum atomic E-state index is 13.5. The van der Waals surface area contributed by atoms with Gasteiger partial charge in [-0.3, -0.25) is 4.79 Å². The fourth-order valence-corrected chi connectivity index (χ4v) is 3.55. The third-order valence-electron chi connectivity index (χ3n) is 4.49. The zero-order chi connectivity index (χ0) is 22.8. The molecular formula is C18H21F3N6O3S. The number of anilines is 4. The molecule has 31 heavy (non-hydrogen) atoms. The molecule has 1 amide bonds. The number of rotatable bonds is 8. The summed E-state index contributed by atoms with van der Waals surface area (Å²) in [7, 11) is -3.48. The van der Waals surface area contributed by atoms with Crippen LogP contribution in [0.5, 0.6) is 0 Å². The number of carbonyl (C=O) groups excluding carboxylic acids is 1. The number of halogens is 3. The van der Waals surface area contributed by atoms with Crippen molar-refractivity contribution in [3.8, 4) is 0 Å². The van der Waals surface area contributed by atoms with Gasteiger partial charge in [0.05, 0.1) is 12.7 Å². The molecule has 1 aromatic carbocycles. The number of fused-ring (bicyclic) bond motifs is 1. The monoisotopic (exact) mass is 458 g/mol. The minimum atomic E-state index is -4.69. The molecule has 0 fully saturated rings. The van der Waals surface area contributed by atoms with Crippen molar-refractivity contribution in [2.45, 2.75) is 19.5 Å². The van der Waals surface area contributed by atoms with E-state index in [1.165, 1.54) is 4.90 Å². The Morgan fingerprint density at radius 1 is 1.29 bits per heavy atom. The van der Waals surface area contributed by atoms with Crippen LogP contribution in [0, 0.1) is 0 Å². The number of hydrogen-bond donors (Lipinski definition) is 3. The first-order valence-electron chi connectivity index (χ1n) is 9.30. The van der Waals surface area contributed by atoms with Crippen molar-refractivity contribution >= 4 is 39.1 Å². The number of sulfonamides is 1. The van der Waals surface area contributed by atoms with E-state index in [-0.39, 0.29) is 43.7 Å². The van der Waals surface area contributed by atoms with Crippen LogP contribution < -0.4 is 20.3 Å². The lowest BCUT2D eigenvalue weighted by Gasteiger charge is -2.25. The molecule has 168 valence electrons. The molecule has 3 rings (SSSR count). The highest BCUT2D eigenvalue weighted by Crippen LogP contribution is 2.36. The third kappa shape index (κ3) is 5.82. The molecule has 0 atom stereocenters. The average molecular weight is 458 g/mol. The van der Waals surface area contributed by atoms with Crippen molar-refractivity contribution < 1.29 is 26.4 Å². The first-order valence-corrected chi connectivity index (χ1v) is 11.2. The smallest absolute Gasteiger partial charge is 0.355 e. The van der Waals surface area contributed by atoms with Gasteiger partial charge >= 0.3 is 6.18 Å². The number of likely N-dealkylation sites (N-methyl/N-ethyl adjacent to an activating group) is 1. The van der Waals surface area contributed by atoms with Crippen molar-refractivity contribution in [1.29, 1.82) is 0 Å². The Balaban J connectivity index is 1.87. The number of carbonyl (C=O) groups is 1. The number of alkyl halides is 3. The maximum Gasteiger partial charge on any atom is 0.421 e. The van der Waals surface area contributed by atoms with Crippen molar-refractivity contribution in [3.05, 3.63) is 35.5 Å². The normalized spacial score (nSPS) is 13.6. The summed E-state index contributed by atoms with van der Waals surface area (Å²) < 4.78 is 65.3. The van der Waals surface area contributed by atoms with Gasteiger partial charge < -0.3 is 15.5 Å². The molecule has 0 saturated heterocycles. The summed E-state index contributed by atoms with van der Waals surface area (Å²) in [5, 5.41) is 5.56. The van der Waals surface area contributed by atoms with E-state index in [4.69, 9.17) is 0 Å². The molecule has 0 aliphatic carbocycles. The second-order valence-corrected chi connectivity index (χ2v) is 8.73. The lowest BCUT2D eigenvalue weighted by Crippen LogP contribution is -2.36. The van der Waals surface area contributed by atoms with Gasteiger partial charge in [-0.15, -0.1) is 0 Å². The molecular weight excluding hydrogens is 437 g/mol. The standard InChI is InChI=1S/C18H21F3N6O3S/c1-3-27(7-6-23-31(2,29)30)16-13(18(19,20)21)10-22-17(26-16)24-12-4-5-14-11(8-12)9-15(28)25-14/h4-5,8,10,23H,3,6-7,9H2,1-2H3,(H,25,28)(H,22,24,26). The van der Waals surface area contributed by atoms with Crippen LogP contribution in [-0.2, 0) is 27.4 Å². The van der Waals surface area contributed by atoms with Crippen LogP contribution >= 0.6 is 0 Å². The van der Waals surface area contributed by atoms with Gasteiger partial charge in [0.1, 0.15) is 11.4 Å². The van der Waals surface area contributed by atoms with Crippen LogP contribution in [0.4, 0.5) is 36.3 Å². The van der Waals surface area contributed by atoms with Gasteiger partial charge in [-0.05, 0) is 30.7 Å². The highest BCUT2D eigenvalue weighted by atomic mass is 32.2. The Morgan fingerprint density at radius 2 is 2.03 bits per heavy atom. The molecule has 0 bridgehead atoms.